The molecule has 1 aromatic heterocycles. The van der Waals surface area contributed by atoms with E-state index in [1.807, 2.05) is 16.9 Å². The zero-order valence-corrected chi connectivity index (χ0v) is 19.6. The van der Waals surface area contributed by atoms with Crippen molar-refractivity contribution in [2.75, 3.05) is 32.7 Å². The van der Waals surface area contributed by atoms with Crippen LogP contribution in [0, 0.1) is 5.92 Å². The van der Waals surface area contributed by atoms with Crippen molar-refractivity contribution in [2.24, 2.45) is 10.9 Å². The Labute approximate surface area is 191 Å². The molecule has 0 radical (unpaired) electrons. The molecule has 0 amide bonds. The second kappa shape index (κ2) is 11.0. The first-order chi connectivity index (χ1) is 13.8. The van der Waals surface area contributed by atoms with Gasteiger partial charge in [-0.1, -0.05) is 12.1 Å². The van der Waals surface area contributed by atoms with Gasteiger partial charge in [-0.15, -0.1) is 24.0 Å². The highest BCUT2D eigenvalue weighted by molar-refractivity contribution is 14.0. The van der Waals surface area contributed by atoms with E-state index >= 15 is 0 Å². The van der Waals surface area contributed by atoms with Gasteiger partial charge >= 0.3 is 0 Å². The monoisotopic (exact) mass is 508 g/mol. The van der Waals surface area contributed by atoms with Gasteiger partial charge in [-0.25, -0.2) is 4.68 Å². The van der Waals surface area contributed by atoms with Crippen molar-refractivity contribution in [1.82, 2.24) is 25.3 Å². The highest BCUT2D eigenvalue weighted by Crippen LogP contribution is 2.31. The van der Waals surface area contributed by atoms with E-state index in [1.165, 1.54) is 37.9 Å². The maximum absolute atomic E-state index is 4.84. The molecule has 29 heavy (non-hydrogen) atoms. The molecule has 0 spiro atoms. The summed E-state index contributed by atoms with van der Waals surface area (Å²) in [6.45, 7) is 7.32. The molecule has 6 nitrogen and oxygen atoms in total. The minimum Gasteiger partial charge on any atom is -0.357 e. The van der Waals surface area contributed by atoms with Gasteiger partial charge in [0.15, 0.2) is 5.96 Å². The molecule has 4 rings (SSSR count). The van der Waals surface area contributed by atoms with Crippen LogP contribution < -0.4 is 10.6 Å². The predicted octanol–water partition coefficient (Wildman–Crippen LogP) is 3.07. The lowest BCUT2D eigenvalue weighted by molar-refractivity contribution is 0.315. The van der Waals surface area contributed by atoms with Crippen LogP contribution in [0.25, 0.3) is 5.69 Å². The molecule has 1 aromatic carbocycles. The van der Waals surface area contributed by atoms with Gasteiger partial charge in [0.05, 0.1) is 5.69 Å². The standard InChI is InChI=1S/C22H32N6.HI/c1-2-23-22(25-16-19-11-15-27(17-19)20-8-9-20)24-13-10-18-4-6-21(7-5-18)28-14-3-12-26-28;/h3-7,12,14,19-20H,2,8-11,13,15-17H2,1H3,(H2,23,24,25);1H. The Morgan fingerprint density at radius 2 is 2.00 bits per heavy atom. The molecule has 2 N–H and O–H groups in total. The van der Waals surface area contributed by atoms with E-state index in [0.29, 0.717) is 5.92 Å². The lowest BCUT2D eigenvalue weighted by Gasteiger charge is -2.15. The van der Waals surface area contributed by atoms with Crippen LogP contribution in [0.15, 0.2) is 47.7 Å². The van der Waals surface area contributed by atoms with Crippen molar-refractivity contribution in [3.63, 3.8) is 0 Å². The largest absolute Gasteiger partial charge is 0.357 e. The number of guanidine groups is 1. The summed E-state index contributed by atoms with van der Waals surface area (Å²) in [7, 11) is 0. The van der Waals surface area contributed by atoms with Crippen LogP contribution in [0.3, 0.4) is 0 Å². The van der Waals surface area contributed by atoms with Gasteiger partial charge in [-0.3, -0.25) is 4.99 Å². The summed E-state index contributed by atoms with van der Waals surface area (Å²) in [5, 5.41) is 11.1. The fourth-order valence-electron chi connectivity index (χ4n) is 3.91. The van der Waals surface area contributed by atoms with Crippen molar-refractivity contribution in [3.05, 3.63) is 48.3 Å². The van der Waals surface area contributed by atoms with Gasteiger partial charge in [0.2, 0.25) is 0 Å². The van der Waals surface area contributed by atoms with Crippen LogP contribution >= 0.6 is 24.0 Å². The minimum absolute atomic E-state index is 0. The summed E-state index contributed by atoms with van der Waals surface area (Å²) in [4.78, 5) is 7.51. The highest BCUT2D eigenvalue weighted by atomic mass is 127. The summed E-state index contributed by atoms with van der Waals surface area (Å²) >= 11 is 0. The van der Waals surface area contributed by atoms with E-state index in [0.717, 1.165) is 43.7 Å². The average Bonchev–Trinajstić information content (AvgIpc) is 3.22. The summed E-state index contributed by atoms with van der Waals surface area (Å²) in [6.07, 6.45) is 8.84. The van der Waals surface area contributed by atoms with E-state index in [1.54, 1.807) is 6.20 Å². The molecule has 7 heteroatoms. The van der Waals surface area contributed by atoms with Crippen LogP contribution in [0.2, 0.25) is 0 Å². The molecule has 1 unspecified atom stereocenters. The number of likely N-dealkylation sites (tertiary alicyclic amines) is 1. The number of nitrogens with one attached hydrogen (secondary N) is 2. The van der Waals surface area contributed by atoms with E-state index in [-0.39, 0.29) is 24.0 Å². The molecular weight excluding hydrogens is 475 g/mol. The Balaban J connectivity index is 0.00000240. The van der Waals surface area contributed by atoms with Crippen molar-refractivity contribution < 1.29 is 0 Å². The molecule has 1 atom stereocenters. The normalized spacial score (nSPS) is 19.8. The third-order valence-electron chi connectivity index (χ3n) is 5.64. The maximum atomic E-state index is 4.84. The van der Waals surface area contributed by atoms with Gasteiger partial charge in [0.25, 0.3) is 0 Å². The smallest absolute Gasteiger partial charge is 0.191 e. The van der Waals surface area contributed by atoms with Gasteiger partial charge in [-0.05, 0) is 68.8 Å². The van der Waals surface area contributed by atoms with Gasteiger partial charge in [0.1, 0.15) is 0 Å². The predicted molar refractivity (Wildman–Crippen MR) is 129 cm³/mol. The fraction of sp³-hybridized carbons (Fsp3) is 0.545. The number of halogens is 1. The van der Waals surface area contributed by atoms with Gasteiger partial charge < -0.3 is 15.5 Å². The van der Waals surface area contributed by atoms with E-state index in [2.05, 4.69) is 51.8 Å². The van der Waals surface area contributed by atoms with Crippen LogP contribution in [0.4, 0.5) is 0 Å². The number of aromatic nitrogens is 2. The molecule has 0 bridgehead atoms. The third-order valence-corrected chi connectivity index (χ3v) is 5.64. The average molecular weight is 508 g/mol. The van der Waals surface area contributed by atoms with E-state index in [4.69, 9.17) is 4.99 Å². The van der Waals surface area contributed by atoms with Gasteiger partial charge in [-0.2, -0.15) is 5.10 Å². The number of hydrogen-bond donors (Lipinski definition) is 2. The van der Waals surface area contributed by atoms with Crippen LogP contribution in [-0.2, 0) is 6.42 Å². The summed E-state index contributed by atoms with van der Waals surface area (Å²) in [5.41, 5.74) is 2.41. The zero-order valence-electron chi connectivity index (χ0n) is 17.3. The SMILES string of the molecule is CCNC(=NCC1CCN(C2CC2)C1)NCCc1ccc(-n2cccn2)cc1.I. The van der Waals surface area contributed by atoms with Crippen molar-refractivity contribution in [3.8, 4) is 5.69 Å². The molecule has 1 saturated heterocycles. The first-order valence-electron chi connectivity index (χ1n) is 10.7. The van der Waals surface area contributed by atoms with Crippen molar-refractivity contribution >= 4 is 29.9 Å². The molecule has 1 aliphatic heterocycles. The molecule has 2 aromatic rings. The third kappa shape index (κ3) is 6.44. The van der Waals surface area contributed by atoms with Crippen molar-refractivity contribution in [1.29, 1.82) is 0 Å². The molecular formula is C22H33IN6. The number of nitrogens with zero attached hydrogens (tertiary/aromatic N) is 4. The molecule has 2 heterocycles. The highest BCUT2D eigenvalue weighted by Gasteiger charge is 2.34. The molecule has 2 aliphatic rings. The summed E-state index contributed by atoms with van der Waals surface area (Å²) in [6, 6.07) is 11.4. The maximum Gasteiger partial charge on any atom is 0.191 e. The van der Waals surface area contributed by atoms with E-state index in [9.17, 15) is 0 Å². The number of hydrogen-bond acceptors (Lipinski definition) is 3. The Morgan fingerprint density at radius 3 is 2.69 bits per heavy atom. The Morgan fingerprint density at radius 1 is 1.17 bits per heavy atom. The lowest BCUT2D eigenvalue weighted by atomic mass is 10.1. The van der Waals surface area contributed by atoms with E-state index < -0.39 is 0 Å². The van der Waals surface area contributed by atoms with Crippen molar-refractivity contribution in [2.45, 2.75) is 38.6 Å². The first kappa shape index (κ1) is 22.1. The second-order valence-corrected chi connectivity index (χ2v) is 7.89. The quantitative estimate of drug-likeness (QED) is 0.327. The molecule has 1 aliphatic carbocycles. The van der Waals surface area contributed by atoms with Crippen LogP contribution in [0.5, 0.6) is 0 Å². The number of benzene rings is 1. The Kier molecular flexibility index (Phi) is 8.35. The molecule has 1 saturated carbocycles. The lowest BCUT2D eigenvalue weighted by Crippen LogP contribution is -2.38. The summed E-state index contributed by atoms with van der Waals surface area (Å²) < 4.78 is 1.88. The number of aliphatic imine (C=N–C) groups is 1. The topological polar surface area (TPSA) is 57.5 Å². The summed E-state index contributed by atoms with van der Waals surface area (Å²) in [5.74, 6) is 1.66. The Bertz CT molecular complexity index is 754. The molecule has 158 valence electrons. The first-order valence-corrected chi connectivity index (χ1v) is 10.7. The zero-order chi connectivity index (χ0) is 19.2. The van der Waals surface area contributed by atoms with Crippen LogP contribution in [0.1, 0.15) is 31.7 Å². The second-order valence-electron chi connectivity index (χ2n) is 7.89. The van der Waals surface area contributed by atoms with Crippen LogP contribution in [-0.4, -0.2) is 59.4 Å². The molecule has 2 fully saturated rings. The van der Waals surface area contributed by atoms with Gasteiger partial charge in [0, 0.05) is 44.6 Å². The Hall–Kier alpha value is -1.61. The number of rotatable bonds is 8. The fourth-order valence-corrected chi connectivity index (χ4v) is 3.91. The minimum atomic E-state index is 0.